The highest BCUT2D eigenvalue weighted by molar-refractivity contribution is 7.99. The van der Waals surface area contributed by atoms with Gasteiger partial charge in [0, 0.05) is 37.1 Å². The molecule has 1 aliphatic heterocycles. The molecule has 1 aliphatic rings. The van der Waals surface area contributed by atoms with Crippen molar-refractivity contribution in [1.82, 2.24) is 15.1 Å². The van der Waals surface area contributed by atoms with Crippen molar-refractivity contribution >= 4 is 11.8 Å². The topological polar surface area (TPSA) is 50.1 Å². The van der Waals surface area contributed by atoms with Crippen LogP contribution in [0.5, 0.6) is 0 Å². The third kappa shape index (κ3) is 3.47. The maximum absolute atomic E-state index is 10.4. The zero-order valence-electron chi connectivity index (χ0n) is 10.5. The number of thioether (sulfide) groups is 1. The van der Waals surface area contributed by atoms with Gasteiger partial charge in [0.05, 0.1) is 6.20 Å². The van der Waals surface area contributed by atoms with Crippen LogP contribution in [0.1, 0.15) is 25.3 Å². The molecule has 1 aromatic rings. The minimum absolute atomic E-state index is 0.539. The number of aliphatic hydroxyl groups is 1. The van der Waals surface area contributed by atoms with Crippen LogP contribution in [-0.2, 0) is 12.6 Å². The van der Waals surface area contributed by atoms with Gasteiger partial charge in [-0.25, -0.2) is 0 Å². The second-order valence-electron chi connectivity index (χ2n) is 4.97. The molecule has 1 aromatic heterocycles. The molecule has 96 valence electrons. The Morgan fingerprint density at radius 1 is 1.71 bits per heavy atom. The van der Waals surface area contributed by atoms with Crippen LogP contribution in [0, 0.1) is 0 Å². The van der Waals surface area contributed by atoms with Gasteiger partial charge in [0.15, 0.2) is 0 Å². The first-order valence-corrected chi connectivity index (χ1v) is 7.26. The monoisotopic (exact) mass is 255 g/mol. The SMILES string of the molecule is Cn1cc([C@](C)(O)CN[C@@H]2CCCSC2)cn1. The van der Waals surface area contributed by atoms with Crippen LogP contribution >= 0.6 is 11.8 Å². The van der Waals surface area contributed by atoms with Gasteiger partial charge in [0.25, 0.3) is 0 Å². The number of nitrogens with zero attached hydrogens (tertiary/aromatic N) is 2. The lowest BCUT2D eigenvalue weighted by Gasteiger charge is -2.28. The number of hydrogen-bond acceptors (Lipinski definition) is 4. The van der Waals surface area contributed by atoms with Crippen LogP contribution in [0.15, 0.2) is 12.4 Å². The average molecular weight is 255 g/mol. The van der Waals surface area contributed by atoms with Crippen LogP contribution in [0.3, 0.4) is 0 Å². The maximum Gasteiger partial charge on any atom is 0.102 e. The predicted molar refractivity (Wildman–Crippen MR) is 71.1 cm³/mol. The second-order valence-corrected chi connectivity index (χ2v) is 6.12. The van der Waals surface area contributed by atoms with Crippen molar-refractivity contribution in [2.75, 3.05) is 18.1 Å². The molecule has 1 saturated heterocycles. The molecule has 0 unspecified atom stereocenters. The lowest BCUT2D eigenvalue weighted by Crippen LogP contribution is -2.42. The normalized spacial score (nSPS) is 24.5. The minimum atomic E-state index is -0.837. The molecule has 0 spiro atoms. The molecule has 0 saturated carbocycles. The van der Waals surface area contributed by atoms with Crippen LogP contribution in [0.2, 0.25) is 0 Å². The van der Waals surface area contributed by atoms with E-state index in [9.17, 15) is 5.11 Å². The average Bonchev–Trinajstić information content (AvgIpc) is 2.76. The van der Waals surface area contributed by atoms with Crippen LogP contribution in [-0.4, -0.2) is 39.0 Å². The molecule has 2 heterocycles. The number of aromatic nitrogens is 2. The molecule has 2 rings (SSSR count). The largest absolute Gasteiger partial charge is 0.384 e. The summed E-state index contributed by atoms with van der Waals surface area (Å²) < 4.78 is 1.72. The first-order valence-electron chi connectivity index (χ1n) is 6.10. The molecule has 2 N–H and O–H groups in total. The lowest BCUT2D eigenvalue weighted by molar-refractivity contribution is 0.0541. The summed E-state index contributed by atoms with van der Waals surface area (Å²) in [6.07, 6.45) is 6.10. The quantitative estimate of drug-likeness (QED) is 0.846. The summed E-state index contributed by atoms with van der Waals surface area (Å²) in [5.41, 5.74) is 0.0343. The van der Waals surface area contributed by atoms with E-state index in [0.29, 0.717) is 12.6 Å². The van der Waals surface area contributed by atoms with Crippen LogP contribution < -0.4 is 5.32 Å². The summed E-state index contributed by atoms with van der Waals surface area (Å²) in [6.45, 7) is 2.43. The Kier molecular flexibility index (Phi) is 4.12. The molecule has 0 amide bonds. The van der Waals surface area contributed by atoms with Crippen molar-refractivity contribution in [2.24, 2.45) is 7.05 Å². The predicted octanol–water partition coefficient (Wildman–Crippen LogP) is 1.11. The fraction of sp³-hybridized carbons (Fsp3) is 0.750. The van der Waals surface area contributed by atoms with E-state index < -0.39 is 5.60 Å². The summed E-state index contributed by atoms with van der Waals surface area (Å²) in [4.78, 5) is 0. The second kappa shape index (κ2) is 5.42. The van der Waals surface area contributed by atoms with Gasteiger partial charge in [-0.3, -0.25) is 4.68 Å². The Morgan fingerprint density at radius 2 is 2.53 bits per heavy atom. The lowest BCUT2D eigenvalue weighted by atomic mass is 9.99. The van der Waals surface area contributed by atoms with E-state index in [2.05, 4.69) is 10.4 Å². The first kappa shape index (κ1) is 12.9. The highest BCUT2D eigenvalue weighted by Crippen LogP contribution is 2.21. The van der Waals surface area contributed by atoms with E-state index in [1.807, 2.05) is 31.9 Å². The van der Waals surface area contributed by atoms with Crippen molar-refractivity contribution < 1.29 is 5.11 Å². The standard InChI is InChI=1S/C12H21N3OS/c1-12(16,10-6-14-15(2)7-10)9-13-11-4-3-5-17-8-11/h6-7,11,13,16H,3-5,8-9H2,1-2H3/t11-,12-/m1/s1. The molecule has 0 radical (unpaired) electrons. The molecule has 5 heteroatoms. The Morgan fingerprint density at radius 3 is 3.12 bits per heavy atom. The van der Waals surface area contributed by atoms with E-state index in [4.69, 9.17) is 0 Å². The summed E-state index contributed by atoms with van der Waals surface area (Å²) >= 11 is 1.99. The van der Waals surface area contributed by atoms with Crippen LogP contribution in [0.25, 0.3) is 0 Å². The van der Waals surface area contributed by atoms with E-state index >= 15 is 0 Å². The molecule has 2 atom stereocenters. The molecular weight excluding hydrogens is 234 g/mol. The van der Waals surface area contributed by atoms with Crippen molar-refractivity contribution in [3.8, 4) is 0 Å². The van der Waals surface area contributed by atoms with Gasteiger partial charge in [-0.1, -0.05) is 0 Å². The maximum atomic E-state index is 10.4. The van der Waals surface area contributed by atoms with Gasteiger partial charge in [0.1, 0.15) is 5.60 Å². The summed E-state index contributed by atoms with van der Waals surface area (Å²) in [6, 6.07) is 0.539. The fourth-order valence-electron chi connectivity index (χ4n) is 2.05. The first-order chi connectivity index (χ1) is 8.08. The highest BCUT2D eigenvalue weighted by Gasteiger charge is 2.26. The van der Waals surface area contributed by atoms with E-state index in [0.717, 1.165) is 11.3 Å². The smallest absolute Gasteiger partial charge is 0.102 e. The van der Waals surface area contributed by atoms with Crippen molar-refractivity contribution in [3.63, 3.8) is 0 Å². The number of nitrogens with one attached hydrogen (secondary N) is 1. The molecular formula is C12H21N3OS. The zero-order valence-corrected chi connectivity index (χ0v) is 11.3. The third-order valence-corrected chi connectivity index (χ3v) is 4.44. The van der Waals surface area contributed by atoms with Gasteiger partial charge in [-0.2, -0.15) is 16.9 Å². The Labute approximate surface area is 107 Å². The Hall–Kier alpha value is -0.520. The summed E-state index contributed by atoms with van der Waals surface area (Å²) in [5, 5.41) is 18.0. The third-order valence-electron chi connectivity index (χ3n) is 3.22. The molecule has 0 aromatic carbocycles. The van der Waals surface area contributed by atoms with Crippen LogP contribution in [0.4, 0.5) is 0 Å². The van der Waals surface area contributed by atoms with Crippen molar-refractivity contribution in [3.05, 3.63) is 18.0 Å². The van der Waals surface area contributed by atoms with Gasteiger partial charge in [0.2, 0.25) is 0 Å². The van der Waals surface area contributed by atoms with Gasteiger partial charge < -0.3 is 10.4 Å². The fourth-order valence-corrected chi connectivity index (χ4v) is 3.15. The van der Waals surface area contributed by atoms with E-state index in [1.54, 1.807) is 10.9 Å². The van der Waals surface area contributed by atoms with E-state index in [-0.39, 0.29) is 0 Å². The van der Waals surface area contributed by atoms with Gasteiger partial charge in [-0.15, -0.1) is 0 Å². The Balaban J connectivity index is 1.88. The summed E-state index contributed by atoms with van der Waals surface area (Å²) in [7, 11) is 1.87. The molecule has 4 nitrogen and oxygen atoms in total. The molecule has 0 bridgehead atoms. The molecule has 17 heavy (non-hydrogen) atoms. The Bertz CT molecular complexity index is 358. The van der Waals surface area contributed by atoms with Gasteiger partial charge >= 0.3 is 0 Å². The number of rotatable bonds is 4. The number of aryl methyl sites for hydroxylation is 1. The van der Waals surface area contributed by atoms with Gasteiger partial charge in [-0.05, 0) is 25.5 Å². The number of hydrogen-bond donors (Lipinski definition) is 2. The highest BCUT2D eigenvalue weighted by atomic mass is 32.2. The minimum Gasteiger partial charge on any atom is -0.384 e. The summed E-state index contributed by atoms with van der Waals surface area (Å²) in [5.74, 6) is 2.43. The van der Waals surface area contributed by atoms with Crippen molar-refractivity contribution in [2.45, 2.75) is 31.4 Å². The van der Waals surface area contributed by atoms with E-state index in [1.165, 1.54) is 18.6 Å². The molecule has 0 aliphatic carbocycles. The van der Waals surface area contributed by atoms with Crippen molar-refractivity contribution in [1.29, 1.82) is 0 Å². The molecule has 1 fully saturated rings. The zero-order chi connectivity index (χ0) is 12.3.